The highest BCUT2D eigenvalue weighted by Gasteiger charge is 2.36. The minimum Gasteiger partial charge on any atom is -0.497 e. The smallest absolute Gasteiger partial charge is 0.410 e. The summed E-state index contributed by atoms with van der Waals surface area (Å²) in [5, 5.41) is 10.6. The molecule has 1 aliphatic carbocycles. The number of hydrogen-bond donors (Lipinski definition) is 1. The first-order valence-corrected chi connectivity index (χ1v) is 9.35. The average Bonchev–Trinajstić information content (AvgIpc) is 2.60. The predicted octanol–water partition coefficient (Wildman–Crippen LogP) is 2.60. The fourth-order valence-electron chi connectivity index (χ4n) is 3.83. The number of amides is 1. The van der Waals surface area contributed by atoms with Gasteiger partial charge in [-0.15, -0.1) is 0 Å². The van der Waals surface area contributed by atoms with Gasteiger partial charge in [-0.1, -0.05) is 6.07 Å². The van der Waals surface area contributed by atoms with E-state index in [0.29, 0.717) is 13.1 Å². The molecule has 1 aliphatic heterocycles. The van der Waals surface area contributed by atoms with E-state index in [0.717, 1.165) is 31.7 Å². The Morgan fingerprint density at radius 2 is 1.88 bits per heavy atom. The van der Waals surface area contributed by atoms with Crippen molar-refractivity contribution in [3.05, 3.63) is 29.3 Å². The number of carbonyl (C=O) groups excluding carboxylic acids is 1. The molecular formula is C20H30N2O4. The molecule has 0 saturated carbocycles. The summed E-state index contributed by atoms with van der Waals surface area (Å²) in [5.74, 6) is 0.855. The van der Waals surface area contributed by atoms with Crippen molar-refractivity contribution in [2.24, 2.45) is 0 Å². The Hall–Kier alpha value is -1.79. The molecule has 1 fully saturated rings. The number of benzene rings is 1. The highest BCUT2D eigenvalue weighted by atomic mass is 16.6. The van der Waals surface area contributed by atoms with E-state index in [1.807, 2.05) is 26.8 Å². The van der Waals surface area contributed by atoms with Gasteiger partial charge in [-0.25, -0.2) is 4.79 Å². The Morgan fingerprint density at radius 1 is 1.19 bits per heavy atom. The van der Waals surface area contributed by atoms with Gasteiger partial charge in [0.25, 0.3) is 0 Å². The van der Waals surface area contributed by atoms with Crippen LogP contribution in [0.4, 0.5) is 4.79 Å². The van der Waals surface area contributed by atoms with Crippen LogP contribution in [0.25, 0.3) is 0 Å². The zero-order valence-corrected chi connectivity index (χ0v) is 16.2. The summed E-state index contributed by atoms with van der Waals surface area (Å²) in [6.07, 6.45) is 0.967. The third-order valence-corrected chi connectivity index (χ3v) is 5.10. The largest absolute Gasteiger partial charge is 0.497 e. The lowest BCUT2D eigenvalue weighted by molar-refractivity contribution is -0.00969. The monoisotopic (exact) mass is 362 g/mol. The van der Waals surface area contributed by atoms with Crippen LogP contribution in [0.5, 0.6) is 5.75 Å². The Kier molecular flexibility index (Phi) is 5.44. The van der Waals surface area contributed by atoms with Crippen molar-refractivity contribution in [1.82, 2.24) is 9.80 Å². The van der Waals surface area contributed by atoms with Gasteiger partial charge in [-0.2, -0.15) is 0 Å². The molecule has 1 aromatic rings. The van der Waals surface area contributed by atoms with E-state index < -0.39 is 5.60 Å². The van der Waals surface area contributed by atoms with Crippen molar-refractivity contribution < 1.29 is 19.4 Å². The maximum absolute atomic E-state index is 12.3. The number of nitrogens with zero attached hydrogens (tertiary/aromatic N) is 2. The molecule has 6 nitrogen and oxygen atoms in total. The number of aryl methyl sites for hydroxylation is 1. The number of aliphatic hydroxyl groups excluding tert-OH is 1. The van der Waals surface area contributed by atoms with E-state index in [-0.39, 0.29) is 18.2 Å². The van der Waals surface area contributed by atoms with E-state index in [4.69, 9.17) is 9.47 Å². The molecule has 144 valence electrons. The number of methoxy groups -OCH3 is 1. The van der Waals surface area contributed by atoms with Gasteiger partial charge in [0, 0.05) is 26.2 Å². The SMILES string of the molecule is COc1ccc2c(c1)CC[C@@H](O)[C@@H]2N1CCN(C(=O)OC(C)(C)C)CC1. The first kappa shape index (κ1) is 19.0. The van der Waals surface area contributed by atoms with Crippen molar-refractivity contribution in [3.8, 4) is 5.75 Å². The van der Waals surface area contributed by atoms with Gasteiger partial charge in [0.2, 0.25) is 0 Å². The highest BCUT2D eigenvalue weighted by molar-refractivity contribution is 5.68. The molecule has 0 unspecified atom stereocenters. The first-order valence-electron chi connectivity index (χ1n) is 9.35. The van der Waals surface area contributed by atoms with Crippen LogP contribution in [-0.2, 0) is 11.2 Å². The molecule has 3 rings (SSSR count). The van der Waals surface area contributed by atoms with Crippen LogP contribution in [0.15, 0.2) is 18.2 Å². The lowest BCUT2D eigenvalue weighted by Crippen LogP contribution is -2.53. The Labute approximate surface area is 155 Å². The highest BCUT2D eigenvalue weighted by Crippen LogP contribution is 2.36. The predicted molar refractivity (Wildman–Crippen MR) is 99.4 cm³/mol. The number of ether oxygens (including phenoxy) is 2. The second-order valence-electron chi connectivity index (χ2n) is 8.12. The average molecular weight is 362 g/mol. The standard InChI is InChI=1S/C20H30N2O4/c1-20(2,3)26-19(24)22-11-9-21(10-12-22)18-16-7-6-15(25-4)13-14(16)5-8-17(18)23/h6-7,13,17-18,23H,5,8-12H2,1-4H3/t17-,18-/m1/s1. The minimum absolute atomic E-state index is 0.0227. The lowest BCUT2D eigenvalue weighted by Gasteiger charge is -2.43. The molecule has 1 aromatic carbocycles. The molecule has 1 heterocycles. The summed E-state index contributed by atoms with van der Waals surface area (Å²) in [4.78, 5) is 16.3. The van der Waals surface area contributed by atoms with Crippen LogP contribution in [-0.4, -0.2) is 66.0 Å². The van der Waals surface area contributed by atoms with Gasteiger partial charge in [-0.05, 0) is 56.9 Å². The van der Waals surface area contributed by atoms with E-state index in [2.05, 4.69) is 17.0 Å². The van der Waals surface area contributed by atoms with Crippen molar-refractivity contribution in [2.45, 2.75) is 51.4 Å². The van der Waals surface area contributed by atoms with E-state index in [9.17, 15) is 9.90 Å². The molecule has 2 aliphatic rings. The van der Waals surface area contributed by atoms with Gasteiger partial charge in [0.15, 0.2) is 0 Å². The zero-order chi connectivity index (χ0) is 18.9. The summed E-state index contributed by atoms with van der Waals surface area (Å²) in [5.41, 5.74) is 1.94. The molecule has 2 atom stereocenters. The summed E-state index contributed by atoms with van der Waals surface area (Å²) < 4.78 is 10.8. The number of carbonyl (C=O) groups is 1. The Morgan fingerprint density at radius 3 is 2.50 bits per heavy atom. The molecular weight excluding hydrogens is 332 g/mol. The molecule has 6 heteroatoms. The number of rotatable bonds is 2. The van der Waals surface area contributed by atoms with Gasteiger partial charge in [-0.3, -0.25) is 4.90 Å². The van der Waals surface area contributed by atoms with E-state index >= 15 is 0 Å². The summed E-state index contributed by atoms with van der Waals surface area (Å²) in [6.45, 7) is 8.33. The fourth-order valence-corrected chi connectivity index (χ4v) is 3.83. The van der Waals surface area contributed by atoms with Crippen LogP contribution in [0.3, 0.4) is 0 Å². The number of fused-ring (bicyclic) bond motifs is 1. The van der Waals surface area contributed by atoms with E-state index in [1.54, 1.807) is 12.0 Å². The van der Waals surface area contributed by atoms with Gasteiger partial charge < -0.3 is 19.5 Å². The maximum Gasteiger partial charge on any atom is 0.410 e. The third kappa shape index (κ3) is 4.13. The van der Waals surface area contributed by atoms with Crippen LogP contribution in [0.1, 0.15) is 44.4 Å². The van der Waals surface area contributed by atoms with Crippen molar-refractivity contribution >= 4 is 6.09 Å². The molecule has 26 heavy (non-hydrogen) atoms. The van der Waals surface area contributed by atoms with Crippen molar-refractivity contribution in [2.75, 3.05) is 33.3 Å². The number of piperazine rings is 1. The van der Waals surface area contributed by atoms with Crippen LogP contribution < -0.4 is 4.74 Å². The zero-order valence-electron chi connectivity index (χ0n) is 16.2. The second-order valence-corrected chi connectivity index (χ2v) is 8.12. The van der Waals surface area contributed by atoms with Crippen molar-refractivity contribution in [1.29, 1.82) is 0 Å². The molecule has 1 N–H and O–H groups in total. The normalized spacial score (nSPS) is 24.1. The molecule has 1 amide bonds. The van der Waals surface area contributed by atoms with Crippen LogP contribution in [0.2, 0.25) is 0 Å². The lowest BCUT2D eigenvalue weighted by atomic mass is 9.84. The summed E-state index contributed by atoms with van der Waals surface area (Å²) >= 11 is 0. The number of hydrogen-bond acceptors (Lipinski definition) is 5. The molecule has 1 saturated heterocycles. The second kappa shape index (κ2) is 7.45. The topological polar surface area (TPSA) is 62.2 Å². The minimum atomic E-state index is -0.480. The van der Waals surface area contributed by atoms with Gasteiger partial charge >= 0.3 is 6.09 Å². The quantitative estimate of drug-likeness (QED) is 0.876. The summed E-state index contributed by atoms with van der Waals surface area (Å²) in [6, 6.07) is 6.08. The Balaban J connectivity index is 1.69. The molecule has 0 radical (unpaired) electrons. The summed E-state index contributed by atoms with van der Waals surface area (Å²) in [7, 11) is 1.67. The van der Waals surface area contributed by atoms with Gasteiger partial charge in [0.1, 0.15) is 11.4 Å². The molecule has 0 bridgehead atoms. The van der Waals surface area contributed by atoms with Crippen LogP contribution in [0, 0.1) is 0 Å². The maximum atomic E-state index is 12.3. The van der Waals surface area contributed by atoms with Crippen LogP contribution >= 0.6 is 0 Å². The van der Waals surface area contributed by atoms with Gasteiger partial charge in [0.05, 0.1) is 19.3 Å². The third-order valence-electron chi connectivity index (χ3n) is 5.10. The van der Waals surface area contributed by atoms with E-state index in [1.165, 1.54) is 11.1 Å². The molecule has 0 spiro atoms. The Bertz CT molecular complexity index is 648. The fraction of sp³-hybridized carbons (Fsp3) is 0.650. The van der Waals surface area contributed by atoms with Crippen molar-refractivity contribution in [3.63, 3.8) is 0 Å². The number of aliphatic hydroxyl groups is 1. The molecule has 0 aromatic heterocycles. The first-order chi connectivity index (χ1) is 12.3.